The molecule has 0 bridgehead atoms. The van der Waals surface area contributed by atoms with Crippen molar-refractivity contribution in [1.82, 2.24) is 9.78 Å². The molecule has 2 aromatic rings. The van der Waals surface area contributed by atoms with Crippen molar-refractivity contribution in [3.63, 3.8) is 0 Å². The van der Waals surface area contributed by atoms with E-state index in [4.69, 9.17) is 10.5 Å². The van der Waals surface area contributed by atoms with Gasteiger partial charge in [-0.3, -0.25) is 4.68 Å². The molecular weight excluding hydrogens is 250 g/mol. The highest BCUT2D eigenvalue weighted by molar-refractivity contribution is 5.35. The quantitative estimate of drug-likeness (QED) is 0.924. The molecule has 2 heterocycles. The van der Waals surface area contributed by atoms with Crippen LogP contribution in [0, 0.1) is 5.92 Å². The predicted molar refractivity (Wildman–Crippen MR) is 78.6 cm³/mol. The maximum absolute atomic E-state index is 6.35. The standard InChI is InChI=1S/C16H21N3O/c1-19-10-12(9-18-19)6-7-15(17)14-8-13-4-2-3-5-16(13)20-11-14/h2-5,9-10,14-15H,6-8,11,17H2,1H3. The number of para-hydroxylation sites is 1. The second-order valence-electron chi connectivity index (χ2n) is 5.61. The van der Waals surface area contributed by atoms with Crippen molar-refractivity contribution < 1.29 is 4.74 Å². The van der Waals surface area contributed by atoms with Crippen molar-refractivity contribution in [2.24, 2.45) is 18.7 Å². The predicted octanol–water partition coefficient (Wildman–Crippen LogP) is 1.93. The molecule has 106 valence electrons. The summed E-state index contributed by atoms with van der Waals surface area (Å²) in [6, 6.07) is 8.42. The molecule has 0 fully saturated rings. The van der Waals surface area contributed by atoms with Crippen LogP contribution in [0.4, 0.5) is 0 Å². The second kappa shape index (κ2) is 5.67. The van der Waals surface area contributed by atoms with Gasteiger partial charge in [0.15, 0.2) is 0 Å². The molecule has 2 atom stereocenters. The average Bonchev–Trinajstić information content (AvgIpc) is 2.90. The summed E-state index contributed by atoms with van der Waals surface area (Å²) in [6.07, 6.45) is 6.94. The first-order valence-electron chi connectivity index (χ1n) is 7.16. The molecular formula is C16H21N3O. The summed E-state index contributed by atoms with van der Waals surface area (Å²) in [5.41, 5.74) is 8.88. The summed E-state index contributed by atoms with van der Waals surface area (Å²) in [6.45, 7) is 0.727. The minimum Gasteiger partial charge on any atom is -0.493 e. The van der Waals surface area contributed by atoms with E-state index in [-0.39, 0.29) is 6.04 Å². The maximum atomic E-state index is 6.35. The zero-order valence-electron chi connectivity index (χ0n) is 11.8. The molecule has 0 saturated carbocycles. The summed E-state index contributed by atoms with van der Waals surface area (Å²) in [5.74, 6) is 1.42. The molecule has 4 heteroatoms. The Balaban J connectivity index is 1.57. The fourth-order valence-corrected chi connectivity index (χ4v) is 2.80. The second-order valence-corrected chi connectivity index (χ2v) is 5.61. The Hall–Kier alpha value is -1.81. The van der Waals surface area contributed by atoms with Crippen molar-refractivity contribution in [2.45, 2.75) is 25.3 Å². The van der Waals surface area contributed by atoms with Gasteiger partial charge >= 0.3 is 0 Å². The van der Waals surface area contributed by atoms with Gasteiger partial charge in [-0.15, -0.1) is 0 Å². The van der Waals surface area contributed by atoms with Crippen molar-refractivity contribution in [3.05, 3.63) is 47.8 Å². The largest absolute Gasteiger partial charge is 0.493 e. The molecule has 2 N–H and O–H groups in total. The smallest absolute Gasteiger partial charge is 0.122 e. The van der Waals surface area contributed by atoms with Gasteiger partial charge in [0.25, 0.3) is 0 Å². The third-order valence-electron chi connectivity index (χ3n) is 4.04. The van der Waals surface area contributed by atoms with Crippen LogP contribution in [0.3, 0.4) is 0 Å². The minimum absolute atomic E-state index is 0.170. The number of hydrogen-bond donors (Lipinski definition) is 1. The van der Waals surface area contributed by atoms with Crippen LogP contribution in [0.1, 0.15) is 17.5 Å². The van der Waals surface area contributed by atoms with E-state index in [0.717, 1.165) is 31.6 Å². The van der Waals surface area contributed by atoms with Crippen LogP contribution in [-0.2, 0) is 19.9 Å². The highest BCUT2D eigenvalue weighted by Gasteiger charge is 2.24. The molecule has 0 spiro atoms. The first-order chi connectivity index (χ1) is 9.72. The Kier molecular flexibility index (Phi) is 3.74. The molecule has 1 aromatic carbocycles. The monoisotopic (exact) mass is 271 g/mol. The van der Waals surface area contributed by atoms with E-state index < -0.39 is 0 Å². The van der Waals surface area contributed by atoms with Crippen LogP contribution in [-0.4, -0.2) is 22.4 Å². The number of fused-ring (bicyclic) bond motifs is 1. The third kappa shape index (κ3) is 2.85. The molecule has 2 unspecified atom stereocenters. The fraction of sp³-hybridized carbons (Fsp3) is 0.438. The number of hydrogen-bond acceptors (Lipinski definition) is 3. The van der Waals surface area contributed by atoms with Gasteiger partial charge in [0.05, 0.1) is 12.8 Å². The van der Waals surface area contributed by atoms with Crippen molar-refractivity contribution >= 4 is 0 Å². The number of benzene rings is 1. The first-order valence-corrected chi connectivity index (χ1v) is 7.16. The summed E-state index contributed by atoms with van der Waals surface area (Å²) in [4.78, 5) is 0. The number of rotatable bonds is 4. The zero-order chi connectivity index (χ0) is 13.9. The van der Waals surface area contributed by atoms with Gasteiger partial charge in [-0.05, 0) is 36.5 Å². The molecule has 1 aliphatic heterocycles. The van der Waals surface area contributed by atoms with E-state index >= 15 is 0 Å². The van der Waals surface area contributed by atoms with Crippen molar-refractivity contribution in [1.29, 1.82) is 0 Å². The average molecular weight is 271 g/mol. The van der Waals surface area contributed by atoms with Crippen molar-refractivity contribution in [3.8, 4) is 5.75 Å². The van der Waals surface area contributed by atoms with Crippen LogP contribution < -0.4 is 10.5 Å². The summed E-state index contributed by atoms with van der Waals surface area (Å²) < 4.78 is 7.65. The van der Waals surface area contributed by atoms with E-state index in [1.165, 1.54) is 11.1 Å². The highest BCUT2D eigenvalue weighted by Crippen LogP contribution is 2.28. The van der Waals surface area contributed by atoms with Gasteiger partial charge in [-0.1, -0.05) is 18.2 Å². The Morgan fingerprint density at radius 3 is 3.10 bits per heavy atom. The van der Waals surface area contributed by atoms with Gasteiger partial charge in [-0.2, -0.15) is 5.10 Å². The molecule has 0 aliphatic carbocycles. The Morgan fingerprint density at radius 2 is 2.30 bits per heavy atom. The molecule has 0 saturated heterocycles. The number of nitrogens with two attached hydrogens (primary N) is 1. The van der Waals surface area contributed by atoms with Crippen LogP contribution in [0.25, 0.3) is 0 Å². The molecule has 20 heavy (non-hydrogen) atoms. The lowest BCUT2D eigenvalue weighted by molar-refractivity contribution is 0.195. The van der Waals surface area contributed by atoms with Crippen molar-refractivity contribution in [2.75, 3.05) is 6.61 Å². The van der Waals surface area contributed by atoms with Gasteiger partial charge in [0.2, 0.25) is 0 Å². The zero-order valence-corrected chi connectivity index (χ0v) is 11.8. The lowest BCUT2D eigenvalue weighted by Crippen LogP contribution is -2.38. The molecule has 4 nitrogen and oxygen atoms in total. The summed E-state index contributed by atoms with van der Waals surface area (Å²) in [5, 5.41) is 4.19. The van der Waals surface area contributed by atoms with E-state index in [9.17, 15) is 0 Å². The third-order valence-corrected chi connectivity index (χ3v) is 4.04. The number of ether oxygens (including phenoxy) is 1. The number of nitrogens with zero attached hydrogens (tertiary/aromatic N) is 2. The van der Waals surface area contributed by atoms with Crippen LogP contribution in [0.5, 0.6) is 5.75 Å². The Morgan fingerprint density at radius 1 is 1.45 bits per heavy atom. The van der Waals surface area contributed by atoms with Crippen LogP contribution in [0.2, 0.25) is 0 Å². The lowest BCUT2D eigenvalue weighted by atomic mass is 9.88. The first kappa shape index (κ1) is 13.2. The van der Waals surface area contributed by atoms with Crippen LogP contribution in [0.15, 0.2) is 36.7 Å². The summed E-state index contributed by atoms with van der Waals surface area (Å²) in [7, 11) is 1.94. The van der Waals surface area contributed by atoms with E-state index in [0.29, 0.717) is 5.92 Å². The van der Waals surface area contributed by atoms with E-state index in [1.54, 1.807) is 0 Å². The molecule has 0 amide bonds. The van der Waals surface area contributed by atoms with Gasteiger partial charge < -0.3 is 10.5 Å². The van der Waals surface area contributed by atoms with Gasteiger partial charge in [-0.25, -0.2) is 0 Å². The fourth-order valence-electron chi connectivity index (χ4n) is 2.80. The summed E-state index contributed by atoms with van der Waals surface area (Å²) >= 11 is 0. The molecule has 1 aromatic heterocycles. The SMILES string of the molecule is Cn1cc(CCC(N)C2COc3ccccc3C2)cn1. The topological polar surface area (TPSA) is 53.1 Å². The number of aryl methyl sites for hydroxylation is 2. The maximum Gasteiger partial charge on any atom is 0.122 e. The Bertz CT molecular complexity index is 579. The van der Waals surface area contributed by atoms with Gasteiger partial charge in [0.1, 0.15) is 5.75 Å². The normalized spacial score (nSPS) is 19.2. The van der Waals surface area contributed by atoms with Gasteiger partial charge in [0, 0.05) is 25.2 Å². The molecule has 1 aliphatic rings. The Labute approximate surface area is 119 Å². The highest BCUT2D eigenvalue weighted by atomic mass is 16.5. The van der Waals surface area contributed by atoms with E-state index in [1.807, 2.05) is 30.1 Å². The number of aromatic nitrogens is 2. The molecule has 0 radical (unpaired) electrons. The van der Waals surface area contributed by atoms with E-state index in [2.05, 4.69) is 23.4 Å². The van der Waals surface area contributed by atoms with Crippen LogP contribution >= 0.6 is 0 Å². The molecule has 3 rings (SSSR count). The minimum atomic E-state index is 0.170. The lowest BCUT2D eigenvalue weighted by Gasteiger charge is -2.29.